The van der Waals surface area contributed by atoms with Crippen LogP contribution >= 0.6 is 0 Å². The number of rotatable bonds is 21. The molecule has 0 aromatic rings. The zero-order valence-corrected chi connectivity index (χ0v) is 25.2. The number of hydrogen-bond acceptors (Lipinski definition) is 6. The Labute approximate surface area is 231 Å². The number of likely N-dealkylation sites (N-methyl/N-ethyl adjacent to an activating group) is 1. The molecular weight excluding hydrogens is 532 g/mol. The number of unbranched alkanes of at least 4 members (excludes halogenated alkanes) is 8. The van der Waals surface area contributed by atoms with Crippen LogP contribution in [0.25, 0.3) is 0 Å². The second-order valence-corrected chi connectivity index (χ2v) is 14.5. The first-order valence-electron chi connectivity index (χ1n) is 14.1. The van der Waals surface area contributed by atoms with Crippen LogP contribution in [0.1, 0.15) is 77.6 Å². The van der Waals surface area contributed by atoms with Crippen molar-refractivity contribution >= 4 is 26.2 Å². The van der Waals surface area contributed by atoms with Crippen molar-refractivity contribution in [3.8, 4) is 0 Å². The molecule has 0 saturated carbocycles. The molecule has 2 N–H and O–H groups in total. The van der Waals surface area contributed by atoms with Gasteiger partial charge in [-0.2, -0.15) is 16.8 Å². The van der Waals surface area contributed by atoms with E-state index in [1.165, 1.54) is 25.7 Å². The summed E-state index contributed by atoms with van der Waals surface area (Å²) in [7, 11) is -5.81. The highest BCUT2D eigenvalue weighted by Gasteiger charge is 2.39. The van der Waals surface area contributed by atoms with Crippen LogP contribution in [-0.2, 0) is 29.8 Å². The first-order valence-corrected chi connectivity index (χ1v) is 17.3. The summed E-state index contributed by atoms with van der Waals surface area (Å²) in [6.07, 6.45) is 10.9. The summed E-state index contributed by atoms with van der Waals surface area (Å²) in [4.78, 5) is 11.3. The highest BCUT2D eigenvalue weighted by Crippen LogP contribution is 2.22. The van der Waals surface area contributed by atoms with Gasteiger partial charge in [-0.1, -0.05) is 45.1 Å². The molecule has 0 aliphatic carbocycles. The Bertz CT molecular complexity index is 927. The average Bonchev–Trinajstić information content (AvgIpc) is 2.80. The number of nitrogens with zero attached hydrogens (tertiary/aromatic N) is 2. The highest BCUT2D eigenvalue weighted by atomic mass is 32.2. The molecule has 0 amide bonds. The molecule has 0 spiro atoms. The summed E-state index contributed by atoms with van der Waals surface area (Å²) in [5.41, 5.74) is 0.433. The number of esters is 1. The van der Waals surface area contributed by atoms with Gasteiger partial charge < -0.3 is 13.7 Å². The van der Waals surface area contributed by atoms with Crippen molar-refractivity contribution < 1.29 is 44.4 Å². The van der Waals surface area contributed by atoms with Gasteiger partial charge in [0.05, 0.1) is 44.8 Å². The van der Waals surface area contributed by atoms with Crippen molar-refractivity contribution in [3.05, 3.63) is 12.2 Å². The number of hydrogen-bond donors (Lipinski definition) is 2. The minimum Gasteiger partial charge on any atom is -0.462 e. The van der Waals surface area contributed by atoms with Crippen LogP contribution in [0.2, 0.25) is 0 Å². The molecule has 38 heavy (non-hydrogen) atoms. The lowest BCUT2D eigenvalue weighted by atomic mass is 10.1. The largest absolute Gasteiger partial charge is 0.462 e. The SMILES string of the molecule is C=C(C)C(=O)OCCCCCCCCCCC[N+]1(CCCS(=O)(=O)O)CC[N+](C)(CCCS(=O)(=O)O)CC1. The molecule has 0 bridgehead atoms. The molecule has 0 aromatic heterocycles. The van der Waals surface area contributed by atoms with E-state index in [1.54, 1.807) is 6.92 Å². The Morgan fingerprint density at radius 1 is 0.711 bits per heavy atom. The van der Waals surface area contributed by atoms with E-state index in [0.29, 0.717) is 38.1 Å². The van der Waals surface area contributed by atoms with Gasteiger partial charge >= 0.3 is 5.97 Å². The van der Waals surface area contributed by atoms with Crippen molar-refractivity contribution in [3.63, 3.8) is 0 Å². The molecule has 1 aliphatic heterocycles. The second kappa shape index (κ2) is 16.9. The molecule has 0 unspecified atom stereocenters. The van der Waals surface area contributed by atoms with E-state index in [4.69, 9.17) is 13.8 Å². The standard InChI is InChI=1S/C26H50N2O8S2/c1-25(2)26(29)36-22-12-10-8-6-4-5-7-9-11-16-28(17-14-24-38(33,34)35)20-18-27(3,19-21-28)15-13-23-37(30,31)32/h1,4-24H2,2-3H3/p+2. The maximum atomic E-state index is 11.3. The lowest BCUT2D eigenvalue weighted by molar-refractivity contribution is -1.02. The maximum absolute atomic E-state index is 11.3. The van der Waals surface area contributed by atoms with Crippen LogP contribution in [0.5, 0.6) is 0 Å². The Kier molecular flexibility index (Phi) is 15.6. The van der Waals surface area contributed by atoms with Crippen molar-refractivity contribution in [2.24, 2.45) is 0 Å². The molecule has 1 heterocycles. The smallest absolute Gasteiger partial charge is 0.333 e. The number of piperazine rings is 1. The summed E-state index contributed by atoms with van der Waals surface area (Å²) in [6.45, 7) is 11.6. The Morgan fingerprint density at radius 2 is 1.13 bits per heavy atom. The zero-order chi connectivity index (χ0) is 28.7. The van der Waals surface area contributed by atoms with Gasteiger partial charge in [-0.25, -0.2) is 4.79 Å². The number of carbonyl (C=O) groups is 1. The zero-order valence-electron chi connectivity index (χ0n) is 23.6. The van der Waals surface area contributed by atoms with E-state index in [9.17, 15) is 21.6 Å². The number of ether oxygens (including phenoxy) is 1. The molecule has 12 heteroatoms. The fraction of sp³-hybridized carbons (Fsp3) is 0.885. The van der Waals surface area contributed by atoms with Gasteiger partial charge in [0.2, 0.25) is 0 Å². The summed E-state index contributed by atoms with van der Waals surface area (Å²) >= 11 is 0. The van der Waals surface area contributed by atoms with Crippen LogP contribution in [0.4, 0.5) is 0 Å². The quantitative estimate of drug-likeness (QED) is 0.0689. The van der Waals surface area contributed by atoms with E-state index in [-0.39, 0.29) is 17.5 Å². The van der Waals surface area contributed by atoms with Crippen LogP contribution in [0, 0.1) is 0 Å². The molecule has 0 atom stereocenters. The summed E-state index contributed by atoms with van der Waals surface area (Å²) in [6, 6.07) is 0. The maximum Gasteiger partial charge on any atom is 0.333 e. The summed E-state index contributed by atoms with van der Waals surface area (Å²) in [5, 5.41) is 0. The van der Waals surface area contributed by atoms with Gasteiger partial charge in [-0.05, 0) is 26.2 Å². The minimum absolute atomic E-state index is 0.218. The molecular formula is C26H52N2O8S2+2. The van der Waals surface area contributed by atoms with Gasteiger partial charge in [0.15, 0.2) is 0 Å². The summed E-state index contributed by atoms with van der Waals surface area (Å²) in [5.74, 6) is -0.759. The number of carbonyl (C=O) groups excluding carboxylic acids is 1. The fourth-order valence-corrected chi connectivity index (χ4v) is 6.19. The summed E-state index contributed by atoms with van der Waals surface area (Å²) < 4.78 is 69.5. The molecule has 0 radical (unpaired) electrons. The average molecular weight is 585 g/mol. The normalized spacial score (nSPS) is 22.3. The third kappa shape index (κ3) is 16.8. The van der Waals surface area contributed by atoms with Gasteiger partial charge in [-0.3, -0.25) is 9.11 Å². The molecule has 1 rings (SSSR count). The van der Waals surface area contributed by atoms with E-state index in [2.05, 4.69) is 13.6 Å². The molecule has 1 saturated heterocycles. The van der Waals surface area contributed by atoms with E-state index in [1.807, 2.05) is 0 Å². The first-order chi connectivity index (χ1) is 17.7. The second-order valence-electron chi connectivity index (χ2n) is 11.4. The Balaban J connectivity index is 2.33. The van der Waals surface area contributed by atoms with Crippen LogP contribution < -0.4 is 0 Å². The van der Waals surface area contributed by atoms with Gasteiger partial charge in [0, 0.05) is 18.4 Å². The minimum atomic E-state index is -3.97. The van der Waals surface area contributed by atoms with Crippen molar-refractivity contribution in [2.75, 3.05) is 71.0 Å². The van der Waals surface area contributed by atoms with E-state index in [0.717, 1.165) is 73.8 Å². The third-order valence-electron chi connectivity index (χ3n) is 7.72. The lowest BCUT2D eigenvalue weighted by Gasteiger charge is -2.48. The predicted octanol–water partition coefficient (Wildman–Crippen LogP) is 3.45. The van der Waals surface area contributed by atoms with Crippen LogP contribution in [-0.4, -0.2) is 112 Å². The Morgan fingerprint density at radius 3 is 1.61 bits per heavy atom. The Hall–Kier alpha value is -1.05. The van der Waals surface area contributed by atoms with E-state index >= 15 is 0 Å². The molecule has 1 aliphatic rings. The van der Waals surface area contributed by atoms with Gasteiger partial charge in [0.1, 0.15) is 26.2 Å². The monoisotopic (exact) mass is 584 g/mol. The highest BCUT2D eigenvalue weighted by molar-refractivity contribution is 7.86. The van der Waals surface area contributed by atoms with Crippen LogP contribution in [0.15, 0.2) is 12.2 Å². The topological polar surface area (TPSA) is 135 Å². The molecule has 1 fully saturated rings. The fourth-order valence-electron chi connectivity index (χ4n) is 5.20. The van der Waals surface area contributed by atoms with Crippen molar-refractivity contribution in [1.29, 1.82) is 0 Å². The predicted molar refractivity (Wildman–Crippen MR) is 150 cm³/mol. The third-order valence-corrected chi connectivity index (χ3v) is 9.33. The van der Waals surface area contributed by atoms with E-state index < -0.39 is 20.2 Å². The van der Waals surface area contributed by atoms with Gasteiger partial charge in [-0.15, -0.1) is 0 Å². The molecule has 0 aromatic carbocycles. The lowest BCUT2D eigenvalue weighted by Crippen LogP contribution is -2.66. The molecule has 10 nitrogen and oxygen atoms in total. The van der Waals surface area contributed by atoms with Crippen LogP contribution in [0.3, 0.4) is 0 Å². The van der Waals surface area contributed by atoms with Crippen molar-refractivity contribution in [1.82, 2.24) is 0 Å². The van der Waals surface area contributed by atoms with Gasteiger partial charge in [0.25, 0.3) is 20.2 Å². The molecule has 224 valence electrons. The van der Waals surface area contributed by atoms with Crippen molar-refractivity contribution in [2.45, 2.75) is 77.6 Å². The number of quaternary nitrogens is 2. The first kappa shape index (κ1) is 35.0.